The molecule has 1 heterocycles. The molecule has 1 fully saturated rings. The number of nitrogens with one attached hydrogen (secondary N) is 2. The molecule has 0 unspecified atom stereocenters. The highest BCUT2D eigenvalue weighted by Crippen LogP contribution is 2.13. The molecule has 3 nitrogen and oxygen atoms in total. The Morgan fingerprint density at radius 3 is 2.89 bits per heavy atom. The van der Waals surface area contributed by atoms with Crippen molar-refractivity contribution in [1.29, 1.82) is 0 Å². The number of carbonyl (C=O) groups is 1. The smallest absolute Gasteiger partial charge is 0.254 e. The zero-order chi connectivity index (χ0) is 13.1. The number of halogens is 2. The standard InChI is InChI=1S/C13H16F2N2O/c1-8-7-16-5-4-12(8)17-13(18)10-3-2-9(14)6-11(10)15/h2-3,6,8,12,16H,4-5,7H2,1H3,(H,17,18)/t8-,12+/m0/s1. The fourth-order valence-corrected chi connectivity index (χ4v) is 2.15. The number of amides is 1. The van der Waals surface area contributed by atoms with E-state index < -0.39 is 17.5 Å². The quantitative estimate of drug-likeness (QED) is 0.843. The molecule has 1 saturated heterocycles. The first-order valence-corrected chi connectivity index (χ1v) is 6.04. The monoisotopic (exact) mass is 254 g/mol. The van der Waals surface area contributed by atoms with Gasteiger partial charge in [0.15, 0.2) is 0 Å². The predicted molar refractivity (Wildman–Crippen MR) is 64.3 cm³/mol. The van der Waals surface area contributed by atoms with Gasteiger partial charge in [-0.15, -0.1) is 0 Å². The second-order valence-electron chi connectivity index (χ2n) is 4.67. The van der Waals surface area contributed by atoms with Crippen LogP contribution in [0.3, 0.4) is 0 Å². The summed E-state index contributed by atoms with van der Waals surface area (Å²) in [6.45, 7) is 3.69. The lowest BCUT2D eigenvalue weighted by Gasteiger charge is -2.30. The lowest BCUT2D eigenvalue weighted by molar-refractivity contribution is 0.0910. The number of benzene rings is 1. The van der Waals surface area contributed by atoms with Crippen LogP contribution in [0.4, 0.5) is 8.78 Å². The Morgan fingerprint density at radius 1 is 1.44 bits per heavy atom. The van der Waals surface area contributed by atoms with Crippen molar-refractivity contribution in [1.82, 2.24) is 10.6 Å². The fourth-order valence-electron chi connectivity index (χ4n) is 2.15. The van der Waals surface area contributed by atoms with Crippen LogP contribution in [0.1, 0.15) is 23.7 Å². The maximum atomic E-state index is 13.4. The van der Waals surface area contributed by atoms with E-state index >= 15 is 0 Å². The third kappa shape index (κ3) is 2.85. The van der Waals surface area contributed by atoms with Crippen molar-refractivity contribution >= 4 is 5.91 Å². The molecule has 0 radical (unpaired) electrons. The molecule has 1 aromatic carbocycles. The van der Waals surface area contributed by atoms with Gasteiger partial charge in [-0.05, 0) is 37.6 Å². The van der Waals surface area contributed by atoms with E-state index in [4.69, 9.17) is 0 Å². The zero-order valence-corrected chi connectivity index (χ0v) is 10.2. The van der Waals surface area contributed by atoms with E-state index in [1.165, 1.54) is 6.07 Å². The van der Waals surface area contributed by atoms with E-state index in [2.05, 4.69) is 10.6 Å². The largest absolute Gasteiger partial charge is 0.349 e. The summed E-state index contributed by atoms with van der Waals surface area (Å²) in [6, 6.07) is 3.01. The minimum absolute atomic E-state index is 0.0307. The first kappa shape index (κ1) is 13.0. The molecule has 0 aromatic heterocycles. The third-order valence-corrected chi connectivity index (χ3v) is 3.28. The van der Waals surface area contributed by atoms with E-state index in [1.54, 1.807) is 0 Å². The first-order valence-electron chi connectivity index (χ1n) is 6.04. The van der Waals surface area contributed by atoms with Crippen LogP contribution in [0.15, 0.2) is 18.2 Å². The van der Waals surface area contributed by atoms with Gasteiger partial charge >= 0.3 is 0 Å². The van der Waals surface area contributed by atoms with Crippen molar-refractivity contribution in [3.8, 4) is 0 Å². The van der Waals surface area contributed by atoms with Crippen molar-refractivity contribution in [2.75, 3.05) is 13.1 Å². The molecule has 18 heavy (non-hydrogen) atoms. The van der Waals surface area contributed by atoms with Gasteiger partial charge in [0.25, 0.3) is 5.91 Å². The van der Waals surface area contributed by atoms with Gasteiger partial charge in [0.05, 0.1) is 5.56 Å². The summed E-state index contributed by atoms with van der Waals surface area (Å²) in [6.07, 6.45) is 0.815. The maximum Gasteiger partial charge on any atom is 0.254 e. The third-order valence-electron chi connectivity index (χ3n) is 3.28. The molecular formula is C13H16F2N2O. The van der Waals surface area contributed by atoms with E-state index in [1.807, 2.05) is 6.92 Å². The van der Waals surface area contributed by atoms with Crippen LogP contribution in [0.2, 0.25) is 0 Å². The summed E-state index contributed by atoms with van der Waals surface area (Å²) in [5.41, 5.74) is -0.109. The fraction of sp³-hybridized carbons (Fsp3) is 0.462. The van der Waals surface area contributed by atoms with E-state index in [-0.39, 0.29) is 11.6 Å². The maximum absolute atomic E-state index is 13.4. The number of hydrogen-bond donors (Lipinski definition) is 2. The molecule has 2 rings (SSSR count). The number of piperidine rings is 1. The van der Waals surface area contributed by atoms with Gasteiger partial charge in [0.2, 0.25) is 0 Å². The Morgan fingerprint density at radius 2 is 2.22 bits per heavy atom. The Bertz CT molecular complexity index is 451. The van der Waals surface area contributed by atoms with Crippen LogP contribution in [0, 0.1) is 17.6 Å². The molecular weight excluding hydrogens is 238 g/mol. The average molecular weight is 254 g/mol. The lowest BCUT2D eigenvalue weighted by atomic mass is 9.95. The van der Waals surface area contributed by atoms with Gasteiger partial charge < -0.3 is 10.6 Å². The molecule has 98 valence electrons. The van der Waals surface area contributed by atoms with Gasteiger partial charge in [-0.3, -0.25) is 4.79 Å². The van der Waals surface area contributed by atoms with E-state index in [0.29, 0.717) is 5.92 Å². The van der Waals surface area contributed by atoms with Crippen molar-refractivity contribution in [2.45, 2.75) is 19.4 Å². The highest BCUT2D eigenvalue weighted by Gasteiger charge is 2.24. The van der Waals surface area contributed by atoms with Crippen LogP contribution in [-0.4, -0.2) is 25.0 Å². The summed E-state index contributed by atoms with van der Waals surface area (Å²) in [4.78, 5) is 11.9. The van der Waals surface area contributed by atoms with Crippen molar-refractivity contribution < 1.29 is 13.6 Å². The van der Waals surface area contributed by atoms with Gasteiger partial charge in [0, 0.05) is 12.1 Å². The molecule has 0 bridgehead atoms. The Kier molecular flexibility index (Phi) is 3.91. The molecule has 2 atom stereocenters. The Labute approximate surface area is 105 Å². The highest BCUT2D eigenvalue weighted by atomic mass is 19.1. The number of hydrogen-bond acceptors (Lipinski definition) is 2. The minimum atomic E-state index is -0.825. The van der Waals surface area contributed by atoms with Crippen molar-refractivity contribution in [3.63, 3.8) is 0 Å². The lowest BCUT2D eigenvalue weighted by Crippen LogP contribution is -2.48. The Balaban J connectivity index is 2.07. The predicted octanol–water partition coefficient (Wildman–Crippen LogP) is 1.69. The SMILES string of the molecule is C[C@H]1CNCC[C@H]1NC(=O)c1ccc(F)cc1F. The molecule has 1 aromatic rings. The van der Waals surface area contributed by atoms with Crippen molar-refractivity contribution in [3.05, 3.63) is 35.4 Å². The summed E-state index contributed by atoms with van der Waals surface area (Å²) in [7, 11) is 0. The molecule has 0 spiro atoms. The summed E-state index contributed by atoms with van der Waals surface area (Å²) >= 11 is 0. The van der Waals surface area contributed by atoms with Crippen molar-refractivity contribution in [2.24, 2.45) is 5.92 Å². The second-order valence-corrected chi connectivity index (χ2v) is 4.67. The summed E-state index contributed by atoms with van der Waals surface area (Å²) in [5, 5.41) is 6.03. The first-order chi connectivity index (χ1) is 8.58. The number of carbonyl (C=O) groups excluding carboxylic acids is 1. The minimum Gasteiger partial charge on any atom is -0.349 e. The topological polar surface area (TPSA) is 41.1 Å². The van der Waals surface area contributed by atoms with Crippen LogP contribution >= 0.6 is 0 Å². The molecule has 1 aliphatic rings. The van der Waals surface area contributed by atoms with Crippen LogP contribution in [0.25, 0.3) is 0 Å². The second kappa shape index (κ2) is 5.44. The number of rotatable bonds is 2. The van der Waals surface area contributed by atoms with E-state index in [9.17, 15) is 13.6 Å². The normalized spacial score (nSPS) is 23.7. The summed E-state index contributed by atoms with van der Waals surface area (Å²) in [5.74, 6) is -1.69. The van der Waals surface area contributed by atoms with Crippen LogP contribution < -0.4 is 10.6 Å². The molecule has 5 heteroatoms. The molecule has 0 saturated carbocycles. The molecule has 1 aliphatic heterocycles. The van der Waals surface area contributed by atoms with Gasteiger partial charge in [-0.2, -0.15) is 0 Å². The summed E-state index contributed by atoms with van der Waals surface area (Å²) < 4.78 is 26.2. The molecule has 0 aliphatic carbocycles. The average Bonchev–Trinajstić information content (AvgIpc) is 2.32. The highest BCUT2D eigenvalue weighted by molar-refractivity contribution is 5.94. The van der Waals surface area contributed by atoms with E-state index in [0.717, 1.165) is 31.6 Å². The van der Waals surface area contributed by atoms with Crippen LogP contribution in [-0.2, 0) is 0 Å². The molecule has 2 N–H and O–H groups in total. The van der Waals surface area contributed by atoms with Gasteiger partial charge in [-0.1, -0.05) is 6.92 Å². The van der Waals surface area contributed by atoms with Gasteiger partial charge in [0.1, 0.15) is 11.6 Å². The van der Waals surface area contributed by atoms with Crippen LogP contribution in [0.5, 0.6) is 0 Å². The molecule has 1 amide bonds. The van der Waals surface area contributed by atoms with Gasteiger partial charge in [-0.25, -0.2) is 8.78 Å². The Hall–Kier alpha value is -1.49. The zero-order valence-electron chi connectivity index (χ0n) is 10.2.